The average molecular weight is 584 g/mol. The Bertz CT molecular complexity index is 1460. The van der Waals surface area contributed by atoms with Crippen LogP contribution in [0.4, 0.5) is 5.69 Å². The van der Waals surface area contributed by atoms with Crippen molar-refractivity contribution in [1.29, 1.82) is 0 Å². The van der Waals surface area contributed by atoms with Gasteiger partial charge in [-0.25, -0.2) is 4.79 Å². The minimum Gasteiger partial charge on any atom is -0.468 e. The van der Waals surface area contributed by atoms with E-state index >= 15 is 0 Å². The highest BCUT2D eigenvalue weighted by Gasteiger charge is 2.42. The van der Waals surface area contributed by atoms with Crippen LogP contribution >= 0.6 is 0 Å². The number of hydrogen-bond acceptors (Lipinski definition) is 8. The van der Waals surface area contributed by atoms with E-state index in [4.69, 9.17) is 9.47 Å². The van der Waals surface area contributed by atoms with Crippen molar-refractivity contribution in [2.24, 2.45) is 10.9 Å². The van der Waals surface area contributed by atoms with Gasteiger partial charge in [-0.3, -0.25) is 19.9 Å². The maximum absolute atomic E-state index is 13.5. The normalized spacial score (nSPS) is 16.7. The molecule has 224 valence electrons. The van der Waals surface area contributed by atoms with Crippen molar-refractivity contribution in [2.75, 3.05) is 33.9 Å². The standard InChI is InChI=1S/C34H37N3O6/c1-23-30(33(38)42-4)32(27-16-11-17-28(22-27)37(40)41)31(24(2)35-23)34(39)43-21-20-36(3)19-18-29(25-12-7-5-8-13-25)26-14-9-6-10-15-26/h5-17,22,29-30,32H,18-21H2,1-4H3. The lowest BCUT2D eigenvalue weighted by Gasteiger charge is -2.31. The molecule has 3 aromatic carbocycles. The Morgan fingerprint density at radius 1 is 0.953 bits per heavy atom. The molecule has 2 atom stereocenters. The molecule has 4 rings (SSSR count). The molecular weight excluding hydrogens is 546 g/mol. The van der Waals surface area contributed by atoms with E-state index in [9.17, 15) is 19.7 Å². The summed E-state index contributed by atoms with van der Waals surface area (Å²) in [5.41, 5.74) is 3.85. The number of aliphatic imine (C=N–C) groups is 1. The fourth-order valence-electron chi connectivity index (χ4n) is 5.66. The van der Waals surface area contributed by atoms with Crippen LogP contribution < -0.4 is 0 Å². The van der Waals surface area contributed by atoms with Crippen molar-refractivity contribution >= 4 is 23.3 Å². The second kappa shape index (κ2) is 14.5. The monoisotopic (exact) mass is 583 g/mol. The van der Waals surface area contributed by atoms with Crippen LogP contribution in [0.2, 0.25) is 0 Å². The topological polar surface area (TPSA) is 111 Å². The molecule has 0 amide bonds. The molecule has 2 unspecified atom stereocenters. The molecule has 0 aromatic heterocycles. The number of nitro benzene ring substituents is 1. The second-order valence-corrected chi connectivity index (χ2v) is 10.7. The summed E-state index contributed by atoms with van der Waals surface area (Å²) in [4.78, 5) is 44.0. The van der Waals surface area contributed by atoms with Gasteiger partial charge in [0.2, 0.25) is 0 Å². The highest BCUT2D eigenvalue weighted by atomic mass is 16.6. The van der Waals surface area contributed by atoms with Crippen molar-refractivity contribution < 1.29 is 24.0 Å². The molecule has 0 saturated carbocycles. The Kier molecular flexibility index (Phi) is 10.6. The molecule has 0 N–H and O–H groups in total. The van der Waals surface area contributed by atoms with Crippen LogP contribution in [0.3, 0.4) is 0 Å². The molecule has 0 saturated heterocycles. The summed E-state index contributed by atoms with van der Waals surface area (Å²) < 4.78 is 10.8. The van der Waals surface area contributed by atoms with Crippen LogP contribution in [0, 0.1) is 16.0 Å². The molecule has 1 aliphatic rings. The summed E-state index contributed by atoms with van der Waals surface area (Å²) in [7, 11) is 3.25. The van der Waals surface area contributed by atoms with Gasteiger partial charge in [0.15, 0.2) is 0 Å². The Morgan fingerprint density at radius 3 is 2.16 bits per heavy atom. The predicted octanol–water partition coefficient (Wildman–Crippen LogP) is 5.91. The van der Waals surface area contributed by atoms with Crippen molar-refractivity contribution in [3.63, 3.8) is 0 Å². The Balaban J connectivity index is 1.46. The van der Waals surface area contributed by atoms with Gasteiger partial charge in [0, 0.05) is 41.9 Å². The number of rotatable bonds is 12. The van der Waals surface area contributed by atoms with Crippen LogP contribution in [-0.2, 0) is 19.1 Å². The number of hydrogen-bond donors (Lipinski definition) is 0. The van der Waals surface area contributed by atoms with Crippen LogP contribution in [-0.4, -0.2) is 61.3 Å². The Labute approximate surface area is 252 Å². The molecular formula is C34H37N3O6. The zero-order chi connectivity index (χ0) is 30.9. The number of esters is 2. The number of carbonyl (C=O) groups is 2. The molecule has 3 aromatic rings. The smallest absolute Gasteiger partial charge is 0.336 e. The van der Waals surface area contributed by atoms with Crippen molar-refractivity contribution in [3.05, 3.63) is 123 Å². The number of non-ortho nitro benzene ring substituents is 1. The van der Waals surface area contributed by atoms with E-state index < -0.39 is 28.7 Å². The van der Waals surface area contributed by atoms with Crippen LogP contribution in [0.15, 0.2) is 101 Å². The summed E-state index contributed by atoms with van der Waals surface area (Å²) in [5, 5.41) is 11.5. The van der Waals surface area contributed by atoms with Gasteiger partial charge in [-0.15, -0.1) is 0 Å². The summed E-state index contributed by atoms with van der Waals surface area (Å²) in [6.07, 6.45) is 0.881. The first-order valence-corrected chi connectivity index (χ1v) is 14.2. The number of carbonyl (C=O) groups excluding carboxylic acids is 2. The highest BCUT2D eigenvalue weighted by Crippen LogP contribution is 2.41. The zero-order valence-electron chi connectivity index (χ0n) is 24.9. The highest BCUT2D eigenvalue weighted by molar-refractivity contribution is 6.07. The van der Waals surface area contributed by atoms with Gasteiger partial charge in [0.1, 0.15) is 12.5 Å². The molecule has 0 bridgehead atoms. The van der Waals surface area contributed by atoms with E-state index in [-0.39, 0.29) is 23.8 Å². The van der Waals surface area contributed by atoms with Crippen molar-refractivity contribution in [3.8, 4) is 0 Å². The molecule has 1 aliphatic heterocycles. The number of likely N-dealkylation sites (N-methyl/N-ethyl adjacent to an activating group) is 1. The summed E-state index contributed by atoms with van der Waals surface area (Å²) >= 11 is 0. The third-order valence-electron chi connectivity index (χ3n) is 7.85. The average Bonchev–Trinajstić information content (AvgIpc) is 3.01. The number of benzene rings is 3. The van der Waals surface area contributed by atoms with E-state index in [1.54, 1.807) is 19.9 Å². The number of methoxy groups -OCH3 is 1. The maximum Gasteiger partial charge on any atom is 0.336 e. The maximum atomic E-state index is 13.5. The van der Waals surface area contributed by atoms with E-state index in [1.165, 1.54) is 36.4 Å². The SMILES string of the molecule is COC(=O)C1C(C)=NC(C)=C(C(=O)OCCN(C)CCC(c2ccccc2)c2ccccc2)C1c1cccc([N+](=O)[O-])c1. The van der Waals surface area contributed by atoms with Gasteiger partial charge in [0.25, 0.3) is 5.69 Å². The zero-order valence-corrected chi connectivity index (χ0v) is 24.9. The molecule has 9 nitrogen and oxygen atoms in total. The number of allylic oxidation sites excluding steroid dienone is 1. The van der Waals surface area contributed by atoms with E-state index in [0.717, 1.165) is 13.0 Å². The van der Waals surface area contributed by atoms with Crippen molar-refractivity contribution in [1.82, 2.24) is 4.90 Å². The fraction of sp³-hybridized carbons (Fsp3) is 0.324. The van der Waals surface area contributed by atoms with E-state index in [2.05, 4.69) is 34.2 Å². The van der Waals surface area contributed by atoms with E-state index in [1.807, 2.05) is 43.4 Å². The van der Waals surface area contributed by atoms with Crippen LogP contribution in [0.1, 0.15) is 48.8 Å². The van der Waals surface area contributed by atoms with Gasteiger partial charge < -0.3 is 14.4 Å². The first kappa shape index (κ1) is 31.3. The minimum atomic E-state index is -0.922. The van der Waals surface area contributed by atoms with Crippen molar-refractivity contribution in [2.45, 2.75) is 32.1 Å². The Morgan fingerprint density at radius 2 is 1.58 bits per heavy atom. The molecule has 43 heavy (non-hydrogen) atoms. The molecule has 1 heterocycles. The third kappa shape index (κ3) is 7.61. The number of nitrogens with zero attached hydrogens (tertiary/aromatic N) is 3. The lowest BCUT2D eigenvalue weighted by molar-refractivity contribution is -0.384. The molecule has 0 spiro atoms. The van der Waals surface area contributed by atoms with Gasteiger partial charge in [-0.1, -0.05) is 72.8 Å². The van der Waals surface area contributed by atoms with Gasteiger partial charge in [0.05, 0.1) is 17.6 Å². The molecule has 0 aliphatic carbocycles. The number of ether oxygens (including phenoxy) is 2. The Hall–Kier alpha value is -4.63. The molecule has 9 heteroatoms. The first-order valence-electron chi connectivity index (χ1n) is 14.2. The summed E-state index contributed by atoms with van der Waals surface area (Å²) in [5.74, 6) is -2.73. The summed E-state index contributed by atoms with van der Waals surface area (Å²) in [6, 6.07) is 26.7. The lowest BCUT2D eigenvalue weighted by atomic mass is 9.75. The molecule has 0 radical (unpaired) electrons. The molecule has 0 fully saturated rings. The largest absolute Gasteiger partial charge is 0.468 e. The van der Waals surface area contributed by atoms with Gasteiger partial charge >= 0.3 is 11.9 Å². The predicted molar refractivity (Wildman–Crippen MR) is 165 cm³/mol. The quantitative estimate of drug-likeness (QED) is 0.148. The van der Waals surface area contributed by atoms with Gasteiger partial charge in [-0.05, 0) is 50.6 Å². The summed E-state index contributed by atoms with van der Waals surface area (Å²) in [6.45, 7) is 4.76. The fourth-order valence-corrected chi connectivity index (χ4v) is 5.66. The third-order valence-corrected chi connectivity index (χ3v) is 7.85. The first-order chi connectivity index (χ1) is 20.7. The van der Waals surface area contributed by atoms with Crippen LogP contribution in [0.25, 0.3) is 0 Å². The van der Waals surface area contributed by atoms with Gasteiger partial charge in [-0.2, -0.15) is 0 Å². The second-order valence-electron chi connectivity index (χ2n) is 10.7. The minimum absolute atomic E-state index is 0.126. The van der Waals surface area contributed by atoms with Crippen LogP contribution in [0.5, 0.6) is 0 Å². The van der Waals surface area contributed by atoms with E-state index in [0.29, 0.717) is 23.5 Å². The lowest BCUT2D eigenvalue weighted by Crippen LogP contribution is -2.36. The number of nitro groups is 1.